The van der Waals surface area contributed by atoms with Crippen LogP contribution in [0.2, 0.25) is 0 Å². The minimum atomic E-state index is -0.0572. The van der Waals surface area contributed by atoms with E-state index in [-0.39, 0.29) is 5.91 Å². The summed E-state index contributed by atoms with van der Waals surface area (Å²) in [6, 6.07) is 8.15. The van der Waals surface area contributed by atoms with E-state index in [1.807, 2.05) is 46.1 Å². The standard InChI is InChI=1S/C22H27N7O/c1-17-6-4-5-7-20(17)29-16-18(12-24-29)15-27(3)21-14-23-13-19(25-21)22(30)28-10-8-26(2)9-11-28/h4-7,12-14,16H,8-11,15H2,1-3H3. The Morgan fingerprint density at radius 3 is 2.63 bits per heavy atom. The van der Waals surface area contributed by atoms with Gasteiger partial charge in [-0.2, -0.15) is 5.10 Å². The van der Waals surface area contributed by atoms with Crippen LogP contribution in [0.25, 0.3) is 5.69 Å². The molecule has 3 heterocycles. The van der Waals surface area contributed by atoms with Crippen molar-refractivity contribution in [2.75, 3.05) is 45.2 Å². The Balaban J connectivity index is 1.45. The minimum Gasteiger partial charge on any atom is -0.354 e. The number of hydrogen-bond acceptors (Lipinski definition) is 6. The van der Waals surface area contributed by atoms with E-state index in [1.165, 1.54) is 5.56 Å². The number of aromatic nitrogens is 4. The Kier molecular flexibility index (Phi) is 5.76. The van der Waals surface area contributed by atoms with Crippen molar-refractivity contribution in [2.24, 2.45) is 0 Å². The van der Waals surface area contributed by atoms with Gasteiger partial charge in [0.1, 0.15) is 11.5 Å². The van der Waals surface area contributed by atoms with Crippen LogP contribution in [-0.2, 0) is 6.54 Å². The average molecular weight is 406 g/mol. The zero-order chi connectivity index (χ0) is 21.1. The van der Waals surface area contributed by atoms with Gasteiger partial charge in [0.05, 0.1) is 24.3 Å². The fourth-order valence-corrected chi connectivity index (χ4v) is 3.56. The first-order valence-corrected chi connectivity index (χ1v) is 10.1. The number of nitrogens with zero attached hydrogens (tertiary/aromatic N) is 7. The molecule has 0 spiro atoms. The van der Waals surface area contributed by atoms with E-state index in [1.54, 1.807) is 12.4 Å². The normalized spacial score (nSPS) is 14.7. The molecule has 0 N–H and O–H groups in total. The van der Waals surface area contributed by atoms with Gasteiger partial charge < -0.3 is 14.7 Å². The second-order valence-corrected chi connectivity index (χ2v) is 7.79. The van der Waals surface area contributed by atoms with Crippen LogP contribution in [0.5, 0.6) is 0 Å². The smallest absolute Gasteiger partial charge is 0.274 e. The van der Waals surface area contributed by atoms with Gasteiger partial charge in [0, 0.05) is 51.5 Å². The van der Waals surface area contributed by atoms with E-state index in [0.717, 1.165) is 37.4 Å². The highest BCUT2D eigenvalue weighted by Crippen LogP contribution is 2.16. The fourth-order valence-electron chi connectivity index (χ4n) is 3.56. The third kappa shape index (κ3) is 4.33. The molecule has 2 aromatic heterocycles. The van der Waals surface area contributed by atoms with E-state index in [2.05, 4.69) is 46.1 Å². The molecule has 0 radical (unpaired) electrons. The van der Waals surface area contributed by atoms with E-state index in [9.17, 15) is 4.79 Å². The van der Waals surface area contributed by atoms with Gasteiger partial charge in [-0.05, 0) is 25.6 Å². The Morgan fingerprint density at radius 2 is 1.87 bits per heavy atom. The maximum absolute atomic E-state index is 12.8. The topological polar surface area (TPSA) is 70.4 Å². The Hall–Kier alpha value is -3.26. The molecule has 156 valence electrons. The van der Waals surface area contributed by atoms with Gasteiger partial charge in [-0.25, -0.2) is 9.67 Å². The molecule has 1 saturated heterocycles. The monoisotopic (exact) mass is 405 g/mol. The number of hydrogen-bond donors (Lipinski definition) is 0. The largest absolute Gasteiger partial charge is 0.354 e. The highest BCUT2D eigenvalue weighted by atomic mass is 16.2. The molecular weight excluding hydrogens is 378 g/mol. The lowest BCUT2D eigenvalue weighted by Gasteiger charge is -2.32. The third-order valence-corrected chi connectivity index (χ3v) is 5.44. The number of likely N-dealkylation sites (N-methyl/N-ethyl adjacent to an activating group) is 1. The van der Waals surface area contributed by atoms with Gasteiger partial charge in [0.25, 0.3) is 5.91 Å². The predicted octanol–water partition coefficient (Wildman–Crippen LogP) is 1.99. The molecule has 8 nitrogen and oxygen atoms in total. The lowest BCUT2D eigenvalue weighted by molar-refractivity contribution is 0.0658. The van der Waals surface area contributed by atoms with Crippen LogP contribution < -0.4 is 4.90 Å². The first-order chi connectivity index (χ1) is 14.5. The molecule has 1 fully saturated rings. The predicted molar refractivity (Wildman–Crippen MR) is 116 cm³/mol. The van der Waals surface area contributed by atoms with Crippen molar-refractivity contribution < 1.29 is 4.79 Å². The van der Waals surface area contributed by atoms with Crippen molar-refractivity contribution in [2.45, 2.75) is 13.5 Å². The minimum absolute atomic E-state index is 0.0572. The number of benzene rings is 1. The molecule has 3 aromatic rings. The summed E-state index contributed by atoms with van der Waals surface area (Å²) in [7, 11) is 4.01. The Morgan fingerprint density at radius 1 is 1.10 bits per heavy atom. The molecule has 0 atom stereocenters. The van der Waals surface area contributed by atoms with Crippen LogP contribution in [0.15, 0.2) is 49.1 Å². The molecule has 0 aliphatic carbocycles. The number of aryl methyl sites for hydroxylation is 1. The summed E-state index contributed by atoms with van der Waals surface area (Å²) in [6.45, 7) is 5.88. The van der Waals surface area contributed by atoms with Gasteiger partial charge in [-0.1, -0.05) is 18.2 Å². The zero-order valence-electron chi connectivity index (χ0n) is 17.7. The van der Waals surface area contributed by atoms with Gasteiger partial charge in [0.15, 0.2) is 0 Å². The molecule has 30 heavy (non-hydrogen) atoms. The van der Waals surface area contributed by atoms with Crippen LogP contribution in [0.1, 0.15) is 21.6 Å². The summed E-state index contributed by atoms with van der Waals surface area (Å²) in [4.78, 5) is 27.7. The number of carbonyl (C=O) groups excluding carboxylic acids is 1. The second kappa shape index (κ2) is 8.62. The highest BCUT2D eigenvalue weighted by Gasteiger charge is 2.22. The molecule has 0 saturated carbocycles. The number of carbonyl (C=O) groups is 1. The van der Waals surface area contributed by atoms with Crippen molar-refractivity contribution in [3.05, 3.63) is 65.9 Å². The lowest BCUT2D eigenvalue weighted by Crippen LogP contribution is -2.47. The van der Waals surface area contributed by atoms with Crippen LogP contribution in [0, 0.1) is 6.92 Å². The molecule has 8 heteroatoms. The summed E-state index contributed by atoms with van der Waals surface area (Å²) in [5, 5.41) is 4.50. The quantitative estimate of drug-likeness (QED) is 0.647. The maximum atomic E-state index is 12.8. The van der Waals surface area contributed by atoms with Gasteiger partial charge in [0.2, 0.25) is 0 Å². The molecule has 1 amide bonds. The first kappa shape index (κ1) is 20.0. The van der Waals surface area contributed by atoms with E-state index >= 15 is 0 Å². The molecule has 1 aliphatic heterocycles. The van der Waals surface area contributed by atoms with E-state index < -0.39 is 0 Å². The SMILES string of the molecule is Cc1ccccc1-n1cc(CN(C)c2cncc(C(=O)N3CCN(C)CC3)n2)cn1. The Labute approximate surface area is 176 Å². The van der Waals surface area contributed by atoms with Crippen molar-refractivity contribution >= 4 is 11.7 Å². The van der Waals surface area contributed by atoms with Gasteiger partial charge in [-0.3, -0.25) is 9.78 Å². The van der Waals surface area contributed by atoms with Crippen LogP contribution >= 0.6 is 0 Å². The summed E-state index contributed by atoms with van der Waals surface area (Å²) >= 11 is 0. The van der Waals surface area contributed by atoms with E-state index in [4.69, 9.17) is 0 Å². The summed E-state index contributed by atoms with van der Waals surface area (Å²) < 4.78 is 1.89. The van der Waals surface area contributed by atoms with Crippen molar-refractivity contribution in [3.63, 3.8) is 0 Å². The second-order valence-electron chi connectivity index (χ2n) is 7.79. The number of amides is 1. The number of para-hydroxylation sites is 1. The molecule has 1 aliphatic rings. The molecular formula is C22H27N7O. The van der Waals surface area contributed by atoms with E-state index in [0.29, 0.717) is 18.1 Å². The zero-order valence-corrected chi connectivity index (χ0v) is 17.7. The lowest BCUT2D eigenvalue weighted by atomic mass is 10.2. The molecule has 0 unspecified atom stereocenters. The maximum Gasteiger partial charge on any atom is 0.274 e. The summed E-state index contributed by atoms with van der Waals surface area (Å²) in [5.74, 6) is 0.608. The Bertz CT molecular complexity index is 1020. The average Bonchev–Trinajstić information content (AvgIpc) is 3.22. The summed E-state index contributed by atoms with van der Waals surface area (Å²) in [5.41, 5.74) is 3.67. The molecule has 1 aromatic carbocycles. The van der Waals surface area contributed by atoms with Crippen molar-refractivity contribution in [3.8, 4) is 5.69 Å². The van der Waals surface area contributed by atoms with Crippen molar-refractivity contribution in [1.29, 1.82) is 0 Å². The number of anilines is 1. The third-order valence-electron chi connectivity index (χ3n) is 5.44. The van der Waals surface area contributed by atoms with Crippen LogP contribution in [0.4, 0.5) is 5.82 Å². The van der Waals surface area contributed by atoms with Gasteiger partial charge in [-0.15, -0.1) is 0 Å². The first-order valence-electron chi connectivity index (χ1n) is 10.1. The van der Waals surface area contributed by atoms with Crippen molar-refractivity contribution in [1.82, 2.24) is 29.5 Å². The highest BCUT2D eigenvalue weighted by molar-refractivity contribution is 5.92. The van der Waals surface area contributed by atoms with Crippen LogP contribution in [-0.4, -0.2) is 75.7 Å². The van der Waals surface area contributed by atoms with Crippen LogP contribution in [0.3, 0.4) is 0 Å². The van der Waals surface area contributed by atoms with Gasteiger partial charge >= 0.3 is 0 Å². The molecule has 0 bridgehead atoms. The summed E-state index contributed by atoms with van der Waals surface area (Å²) in [6.07, 6.45) is 7.11. The number of piperazine rings is 1. The molecule has 4 rings (SSSR count). The number of rotatable bonds is 5. The fraction of sp³-hybridized carbons (Fsp3) is 0.364.